The van der Waals surface area contributed by atoms with E-state index in [4.69, 9.17) is 14.7 Å². The number of nitriles is 1. The van der Waals surface area contributed by atoms with Gasteiger partial charge in [0.05, 0.1) is 18.7 Å². The summed E-state index contributed by atoms with van der Waals surface area (Å²) in [7, 11) is 3.33. The number of nitrogens with zero attached hydrogens (tertiary/aromatic N) is 2. The minimum absolute atomic E-state index is 0.147. The molecule has 0 aliphatic carbocycles. The van der Waals surface area contributed by atoms with Crippen LogP contribution in [0.1, 0.15) is 18.1 Å². The van der Waals surface area contributed by atoms with Crippen LogP contribution < -0.4 is 9.47 Å². The van der Waals surface area contributed by atoms with E-state index in [9.17, 15) is 4.79 Å². The first-order chi connectivity index (χ1) is 11.9. The number of methoxy groups -OCH3 is 1. The summed E-state index contributed by atoms with van der Waals surface area (Å²) in [6.07, 6.45) is -0.643. The van der Waals surface area contributed by atoms with Crippen molar-refractivity contribution in [3.63, 3.8) is 0 Å². The van der Waals surface area contributed by atoms with Crippen LogP contribution in [-0.4, -0.2) is 31.1 Å². The predicted molar refractivity (Wildman–Crippen MR) is 98.4 cm³/mol. The summed E-state index contributed by atoms with van der Waals surface area (Å²) in [4.78, 5) is 14.2. The topological polar surface area (TPSA) is 62.6 Å². The molecular formula is C19H19BrN2O3. The molecule has 2 aromatic rings. The molecule has 2 rings (SSSR count). The van der Waals surface area contributed by atoms with Crippen molar-refractivity contribution >= 4 is 21.8 Å². The zero-order valence-electron chi connectivity index (χ0n) is 14.3. The van der Waals surface area contributed by atoms with Crippen LogP contribution in [-0.2, 0) is 11.3 Å². The second kappa shape index (κ2) is 8.54. The van der Waals surface area contributed by atoms with Crippen LogP contribution in [0.25, 0.3) is 0 Å². The van der Waals surface area contributed by atoms with Gasteiger partial charge in [0.25, 0.3) is 5.91 Å². The number of hydrogen-bond acceptors (Lipinski definition) is 4. The first kappa shape index (κ1) is 18.8. The van der Waals surface area contributed by atoms with Gasteiger partial charge in [0.15, 0.2) is 6.10 Å². The molecular weight excluding hydrogens is 384 g/mol. The molecule has 0 aliphatic heterocycles. The van der Waals surface area contributed by atoms with E-state index in [-0.39, 0.29) is 5.91 Å². The minimum atomic E-state index is -0.643. The second-order valence-corrected chi connectivity index (χ2v) is 6.46. The Morgan fingerprint density at radius 1 is 1.28 bits per heavy atom. The Morgan fingerprint density at radius 3 is 2.56 bits per heavy atom. The van der Waals surface area contributed by atoms with Crippen molar-refractivity contribution in [3.05, 3.63) is 58.1 Å². The summed E-state index contributed by atoms with van der Waals surface area (Å²) in [5.41, 5.74) is 1.45. The monoisotopic (exact) mass is 402 g/mol. The molecule has 0 N–H and O–H groups in total. The number of halogens is 1. The summed E-state index contributed by atoms with van der Waals surface area (Å²) in [5.74, 6) is 1.13. The molecule has 0 radical (unpaired) electrons. The van der Waals surface area contributed by atoms with Gasteiger partial charge in [-0.25, -0.2) is 0 Å². The molecule has 1 atom stereocenters. The third kappa shape index (κ3) is 4.97. The van der Waals surface area contributed by atoms with Crippen molar-refractivity contribution < 1.29 is 14.3 Å². The number of benzene rings is 2. The Kier molecular flexibility index (Phi) is 6.43. The van der Waals surface area contributed by atoms with Gasteiger partial charge in [0, 0.05) is 23.6 Å². The largest absolute Gasteiger partial charge is 0.496 e. The highest BCUT2D eigenvalue weighted by Crippen LogP contribution is 2.24. The Balaban J connectivity index is 2.03. The van der Waals surface area contributed by atoms with E-state index in [2.05, 4.69) is 15.9 Å². The van der Waals surface area contributed by atoms with Crippen LogP contribution >= 0.6 is 15.9 Å². The molecule has 0 saturated carbocycles. The highest BCUT2D eigenvalue weighted by Gasteiger charge is 2.20. The fraction of sp³-hybridized carbons (Fsp3) is 0.263. The Labute approximate surface area is 155 Å². The molecule has 130 valence electrons. The number of rotatable bonds is 6. The van der Waals surface area contributed by atoms with Crippen LogP contribution in [0, 0.1) is 11.3 Å². The van der Waals surface area contributed by atoms with Gasteiger partial charge in [0.2, 0.25) is 0 Å². The lowest BCUT2D eigenvalue weighted by molar-refractivity contribution is -0.137. The van der Waals surface area contributed by atoms with E-state index in [1.54, 1.807) is 50.2 Å². The Morgan fingerprint density at radius 2 is 1.96 bits per heavy atom. The fourth-order valence-corrected chi connectivity index (χ4v) is 2.79. The van der Waals surface area contributed by atoms with Gasteiger partial charge >= 0.3 is 0 Å². The van der Waals surface area contributed by atoms with E-state index in [0.29, 0.717) is 17.9 Å². The molecule has 0 unspecified atom stereocenters. The van der Waals surface area contributed by atoms with Crippen molar-refractivity contribution in [1.82, 2.24) is 4.90 Å². The van der Waals surface area contributed by atoms with Gasteiger partial charge in [-0.15, -0.1) is 0 Å². The molecule has 6 heteroatoms. The highest BCUT2D eigenvalue weighted by atomic mass is 79.9. The average Bonchev–Trinajstić information content (AvgIpc) is 2.61. The third-order valence-corrected chi connectivity index (χ3v) is 4.16. The highest BCUT2D eigenvalue weighted by molar-refractivity contribution is 9.10. The standard InChI is InChI=1S/C19H19BrN2O3/c1-13(25-17-7-4-14(11-21)5-8-17)19(23)22(2)12-15-10-16(20)6-9-18(15)24-3/h4-10,13H,12H2,1-3H3/t13-/m1/s1. The van der Waals surface area contributed by atoms with Crippen molar-refractivity contribution in [3.8, 4) is 17.6 Å². The maximum Gasteiger partial charge on any atom is 0.263 e. The lowest BCUT2D eigenvalue weighted by atomic mass is 10.2. The smallest absolute Gasteiger partial charge is 0.263 e. The fourth-order valence-electron chi connectivity index (χ4n) is 2.38. The van der Waals surface area contributed by atoms with Gasteiger partial charge in [-0.05, 0) is 49.4 Å². The van der Waals surface area contributed by atoms with Crippen LogP contribution in [0.15, 0.2) is 46.9 Å². The first-order valence-electron chi connectivity index (χ1n) is 7.68. The molecule has 0 saturated heterocycles. The predicted octanol–water partition coefficient (Wildman–Crippen LogP) is 3.76. The molecule has 0 aliphatic rings. The Bertz CT molecular complexity index is 784. The van der Waals surface area contributed by atoms with Crippen LogP contribution in [0.3, 0.4) is 0 Å². The maximum absolute atomic E-state index is 12.6. The number of carbonyl (C=O) groups is 1. The number of amides is 1. The molecule has 5 nitrogen and oxygen atoms in total. The van der Waals surface area contributed by atoms with Crippen LogP contribution in [0.5, 0.6) is 11.5 Å². The summed E-state index contributed by atoms with van der Waals surface area (Å²) < 4.78 is 11.9. The quantitative estimate of drug-likeness (QED) is 0.737. The summed E-state index contributed by atoms with van der Waals surface area (Å²) >= 11 is 3.43. The van der Waals surface area contributed by atoms with E-state index < -0.39 is 6.10 Å². The van der Waals surface area contributed by atoms with E-state index in [0.717, 1.165) is 15.8 Å². The average molecular weight is 403 g/mol. The zero-order valence-corrected chi connectivity index (χ0v) is 15.9. The van der Waals surface area contributed by atoms with Crippen molar-refractivity contribution in [2.45, 2.75) is 19.6 Å². The minimum Gasteiger partial charge on any atom is -0.496 e. The maximum atomic E-state index is 12.6. The SMILES string of the molecule is COc1ccc(Br)cc1CN(C)C(=O)[C@@H](C)Oc1ccc(C#N)cc1. The van der Waals surface area contributed by atoms with E-state index in [1.165, 1.54) is 0 Å². The van der Waals surface area contributed by atoms with E-state index in [1.807, 2.05) is 24.3 Å². The molecule has 2 aromatic carbocycles. The number of hydrogen-bond donors (Lipinski definition) is 0. The number of carbonyl (C=O) groups excluding carboxylic acids is 1. The molecule has 25 heavy (non-hydrogen) atoms. The van der Waals surface area contributed by atoms with Crippen molar-refractivity contribution in [2.75, 3.05) is 14.2 Å². The Hall–Kier alpha value is -2.52. The lowest BCUT2D eigenvalue weighted by Crippen LogP contribution is -2.37. The number of likely N-dealkylation sites (N-methyl/N-ethyl adjacent to an activating group) is 1. The summed E-state index contributed by atoms with van der Waals surface area (Å²) in [5, 5.41) is 8.81. The van der Waals surface area contributed by atoms with Gasteiger partial charge < -0.3 is 14.4 Å². The van der Waals surface area contributed by atoms with Crippen molar-refractivity contribution in [1.29, 1.82) is 5.26 Å². The molecule has 0 spiro atoms. The summed E-state index contributed by atoms with van der Waals surface area (Å²) in [6, 6.07) is 14.4. The first-order valence-corrected chi connectivity index (χ1v) is 8.48. The van der Waals surface area contributed by atoms with Gasteiger partial charge in [-0.1, -0.05) is 15.9 Å². The van der Waals surface area contributed by atoms with Gasteiger partial charge in [-0.3, -0.25) is 4.79 Å². The molecule has 0 aromatic heterocycles. The van der Waals surface area contributed by atoms with Crippen LogP contribution in [0.2, 0.25) is 0 Å². The zero-order chi connectivity index (χ0) is 18.4. The van der Waals surface area contributed by atoms with Crippen LogP contribution in [0.4, 0.5) is 0 Å². The molecule has 0 fully saturated rings. The second-order valence-electron chi connectivity index (χ2n) is 5.55. The number of ether oxygens (including phenoxy) is 2. The van der Waals surface area contributed by atoms with E-state index >= 15 is 0 Å². The lowest BCUT2D eigenvalue weighted by Gasteiger charge is -2.23. The molecule has 0 bridgehead atoms. The van der Waals surface area contributed by atoms with Crippen molar-refractivity contribution in [2.24, 2.45) is 0 Å². The molecule has 1 amide bonds. The van der Waals surface area contributed by atoms with Gasteiger partial charge in [0.1, 0.15) is 11.5 Å². The summed E-state index contributed by atoms with van der Waals surface area (Å²) in [6.45, 7) is 2.11. The molecule has 0 heterocycles. The third-order valence-electron chi connectivity index (χ3n) is 3.67. The van der Waals surface area contributed by atoms with Gasteiger partial charge in [-0.2, -0.15) is 5.26 Å². The normalized spacial score (nSPS) is 11.3.